The molecule has 0 aromatic heterocycles. The molecule has 0 unspecified atom stereocenters. The number of benzene rings is 1. The summed E-state index contributed by atoms with van der Waals surface area (Å²) in [4.78, 5) is 2.64. The standard InChI is InChI=1S/C13H21N3O2S/c1-14-19(17,18)13-7-3-11(4-8-13)15-9-10-16(2)12-5-6-12/h3-4,7-8,12,14-15H,5-6,9-10H2,1-2H3. The Morgan fingerprint density at radius 2 is 1.89 bits per heavy atom. The first kappa shape index (κ1) is 14.3. The van der Waals surface area contributed by atoms with Crippen LogP contribution in [0.5, 0.6) is 0 Å². The second-order valence-electron chi connectivity index (χ2n) is 4.87. The molecule has 1 saturated carbocycles. The summed E-state index contributed by atoms with van der Waals surface area (Å²) in [6.45, 7) is 1.87. The van der Waals surface area contributed by atoms with Crippen molar-refractivity contribution < 1.29 is 8.42 Å². The lowest BCUT2D eigenvalue weighted by Crippen LogP contribution is -2.27. The number of likely N-dealkylation sites (N-methyl/N-ethyl adjacent to an activating group) is 1. The van der Waals surface area contributed by atoms with Gasteiger partial charge in [-0.25, -0.2) is 13.1 Å². The maximum absolute atomic E-state index is 11.6. The third kappa shape index (κ3) is 3.92. The third-order valence-corrected chi connectivity index (χ3v) is 4.83. The third-order valence-electron chi connectivity index (χ3n) is 3.40. The Balaban J connectivity index is 1.84. The van der Waals surface area contributed by atoms with Gasteiger partial charge in [0, 0.05) is 24.8 Å². The van der Waals surface area contributed by atoms with Crippen molar-refractivity contribution in [3.63, 3.8) is 0 Å². The number of nitrogens with zero attached hydrogens (tertiary/aromatic N) is 1. The highest BCUT2D eigenvalue weighted by Gasteiger charge is 2.25. The van der Waals surface area contributed by atoms with Crippen LogP contribution < -0.4 is 10.0 Å². The van der Waals surface area contributed by atoms with Crippen LogP contribution in [0.15, 0.2) is 29.2 Å². The molecule has 2 N–H and O–H groups in total. The molecule has 0 amide bonds. The largest absolute Gasteiger partial charge is 0.384 e. The lowest BCUT2D eigenvalue weighted by Gasteiger charge is -2.16. The number of anilines is 1. The lowest BCUT2D eigenvalue weighted by atomic mass is 10.3. The lowest BCUT2D eigenvalue weighted by molar-refractivity contribution is 0.337. The molecule has 0 heterocycles. The second-order valence-corrected chi connectivity index (χ2v) is 6.76. The first-order valence-electron chi connectivity index (χ1n) is 6.50. The smallest absolute Gasteiger partial charge is 0.240 e. The molecule has 1 aliphatic carbocycles. The van der Waals surface area contributed by atoms with Crippen molar-refractivity contribution in [1.82, 2.24) is 9.62 Å². The van der Waals surface area contributed by atoms with Gasteiger partial charge in [-0.3, -0.25) is 0 Å². The highest BCUT2D eigenvalue weighted by atomic mass is 32.2. The average molecular weight is 283 g/mol. The van der Waals surface area contributed by atoms with Gasteiger partial charge in [0.2, 0.25) is 10.0 Å². The summed E-state index contributed by atoms with van der Waals surface area (Å²) in [5.41, 5.74) is 0.944. The van der Waals surface area contributed by atoms with Crippen LogP contribution in [0.3, 0.4) is 0 Å². The summed E-state index contributed by atoms with van der Waals surface area (Å²) < 4.78 is 25.4. The highest BCUT2D eigenvalue weighted by molar-refractivity contribution is 7.89. The molecular formula is C13H21N3O2S. The van der Waals surface area contributed by atoms with Crippen LogP contribution in [-0.2, 0) is 10.0 Å². The van der Waals surface area contributed by atoms with Crippen LogP contribution in [-0.4, -0.2) is 46.5 Å². The van der Waals surface area contributed by atoms with E-state index < -0.39 is 10.0 Å². The van der Waals surface area contributed by atoms with E-state index >= 15 is 0 Å². The first-order chi connectivity index (χ1) is 9.03. The van der Waals surface area contributed by atoms with Gasteiger partial charge >= 0.3 is 0 Å². The van der Waals surface area contributed by atoms with Crippen LogP contribution in [0, 0.1) is 0 Å². The van der Waals surface area contributed by atoms with Crippen molar-refractivity contribution in [2.24, 2.45) is 0 Å². The molecule has 19 heavy (non-hydrogen) atoms. The summed E-state index contributed by atoms with van der Waals surface area (Å²) in [7, 11) is 0.215. The van der Waals surface area contributed by atoms with E-state index in [1.54, 1.807) is 24.3 Å². The Labute approximate surface area is 115 Å². The van der Waals surface area contributed by atoms with Gasteiger partial charge in [-0.2, -0.15) is 0 Å². The topological polar surface area (TPSA) is 61.4 Å². The van der Waals surface area contributed by atoms with Gasteiger partial charge < -0.3 is 10.2 Å². The van der Waals surface area contributed by atoms with E-state index in [0.29, 0.717) is 0 Å². The van der Waals surface area contributed by atoms with E-state index in [4.69, 9.17) is 0 Å². The second kappa shape index (κ2) is 5.90. The van der Waals surface area contributed by atoms with Gasteiger partial charge in [0.25, 0.3) is 0 Å². The molecule has 1 aliphatic rings. The number of hydrogen-bond donors (Lipinski definition) is 2. The predicted octanol–water partition coefficient (Wildman–Crippen LogP) is 1.10. The summed E-state index contributed by atoms with van der Waals surface area (Å²) in [6, 6.07) is 7.57. The Hall–Kier alpha value is -1.11. The molecule has 0 atom stereocenters. The number of nitrogens with one attached hydrogen (secondary N) is 2. The average Bonchev–Trinajstić information content (AvgIpc) is 3.23. The fraction of sp³-hybridized carbons (Fsp3) is 0.538. The molecule has 2 rings (SSSR count). The van der Waals surface area contributed by atoms with E-state index in [-0.39, 0.29) is 4.90 Å². The minimum absolute atomic E-state index is 0.288. The number of hydrogen-bond acceptors (Lipinski definition) is 4. The van der Waals surface area contributed by atoms with E-state index in [1.165, 1.54) is 19.9 Å². The van der Waals surface area contributed by atoms with Crippen molar-refractivity contribution >= 4 is 15.7 Å². The Kier molecular flexibility index (Phi) is 4.44. The van der Waals surface area contributed by atoms with Crippen LogP contribution >= 0.6 is 0 Å². The highest BCUT2D eigenvalue weighted by Crippen LogP contribution is 2.24. The monoisotopic (exact) mass is 283 g/mol. The Morgan fingerprint density at radius 3 is 2.42 bits per heavy atom. The van der Waals surface area contributed by atoms with Gasteiger partial charge in [-0.05, 0) is 51.2 Å². The van der Waals surface area contributed by atoms with Crippen molar-refractivity contribution in [2.45, 2.75) is 23.8 Å². The molecule has 6 heteroatoms. The van der Waals surface area contributed by atoms with Gasteiger partial charge in [-0.1, -0.05) is 0 Å². The van der Waals surface area contributed by atoms with E-state index in [0.717, 1.165) is 24.8 Å². The number of sulfonamides is 1. The molecular weight excluding hydrogens is 262 g/mol. The summed E-state index contributed by atoms with van der Waals surface area (Å²) in [5.74, 6) is 0. The van der Waals surface area contributed by atoms with Crippen molar-refractivity contribution in [3.05, 3.63) is 24.3 Å². The fourth-order valence-electron chi connectivity index (χ4n) is 1.94. The normalized spacial score (nSPS) is 15.7. The SMILES string of the molecule is CNS(=O)(=O)c1ccc(NCCN(C)C2CC2)cc1. The van der Waals surface area contributed by atoms with E-state index in [1.807, 2.05) is 0 Å². The minimum atomic E-state index is -3.34. The molecule has 0 bridgehead atoms. The predicted molar refractivity (Wildman–Crippen MR) is 76.8 cm³/mol. The molecule has 5 nitrogen and oxygen atoms in total. The molecule has 106 valence electrons. The van der Waals surface area contributed by atoms with E-state index in [9.17, 15) is 8.42 Å². The maximum atomic E-state index is 11.6. The van der Waals surface area contributed by atoms with Crippen LogP contribution in [0.4, 0.5) is 5.69 Å². The van der Waals surface area contributed by atoms with Crippen LogP contribution in [0.25, 0.3) is 0 Å². The molecule has 1 aromatic rings. The molecule has 0 radical (unpaired) electrons. The van der Waals surface area contributed by atoms with Gasteiger partial charge in [-0.15, -0.1) is 0 Å². The first-order valence-corrected chi connectivity index (χ1v) is 7.99. The Morgan fingerprint density at radius 1 is 1.26 bits per heavy atom. The maximum Gasteiger partial charge on any atom is 0.240 e. The zero-order chi connectivity index (χ0) is 13.9. The zero-order valence-electron chi connectivity index (χ0n) is 11.4. The molecule has 0 spiro atoms. The summed E-state index contributed by atoms with van der Waals surface area (Å²) in [5, 5.41) is 3.30. The quantitative estimate of drug-likeness (QED) is 0.787. The van der Waals surface area contributed by atoms with Gasteiger partial charge in [0.15, 0.2) is 0 Å². The minimum Gasteiger partial charge on any atom is -0.384 e. The van der Waals surface area contributed by atoms with Crippen molar-refractivity contribution in [1.29, 1.82) is 0 Å². The Bertz CT molecular complexity index is 509. The number of rotatable bonds is 7. The van der Waals surface area contributed by atoms with E-state index in [2.05, 4.69) is 22.0 Å². The van der Waals surface area contributed by atoms with Gasteiger partial charge in [0.1, 0.15) is 0 Å². The molecule has 1 fully saturated rings. The summed E-state index contributed by atoms with van der Waals surface area (Å²) in [6.07, 6.45) is 2.63. The van der Waals surface area contributed by atoms with Gasteiger partial charge in [0.05, 0.1) is 4.90 Å². The van der Waals surface area contributed by atoms with Crippen molar-refractivity contribution in [2.75, 3.05) is 32.5 Å². The van der Waals surface area contributed by atoms with Crippen LogP contribution in [0.1, 0.15) is 12.8 Å². The fourth-order valence-corrected chi connectivity index (χ4v) is 2.67. The zero-order valence-corrected chi connectivity index (χ0v) is 12.2. The molecule has 0 aliphatic heterocycles. The van der Waals surface area contributed by atoms with Crippen molar-refractivity contribution in [3.8, 4) is 0 Å². The van der Waals surface area contributed by atoms with Crippen LogP contribution in [0.2, 0.25) is 0 Å². The molecule has 0 saturated heterocycles. The summed E-state index contributed by atoms with van der Waals surface area (Å²) >= 11 is 0. The molecule has 1 aromatic carbocycles.